The minimum atomic E-state index is 0. The first kappa shape index (κ1) is 20.4. The molecule has 0 aliphatic carbocycles. The Kier molecular flexibility index (Phi) is 15.2. The molecule has 1 aromatic carbocycles. The first-order valence-corrected chi connectivity index (χ1v) is 3.35. The molecule has 5 heteroatoms. The van der Waals surface area contributed by atoms with Crippen LogP contribution in [0.25, 0.3) is 6.08 Å². The van der Waals surface area contributed by atoms with Crippen LogP contribution in [0.15, 0.2) is 30.3 Å². The molecule has 1 unspecified atom stereocenters. The molecule has 0 saturated carbocycles. The molecule has 1 aromatic rings. The van der Waals surface area contributed by atoms with E-state index in [4.69, 9.17) is 4.74 Å². The van der Waals surface area contributed by atoms with E-state index in [0.717, 1.165) is 5.75 Å². The zero-order chi connectivity index (χ0) is 6.81. The first-order valence-electron chi connectivity index (χ1n) is 3.35. The Morgan fingerprint density at radius 2 is 1.79 bits per heavy atom. The van der Waals surface area contributed by atoms with Crippen LogP contribution in [0, 0.1) is 0 Å². The molecule has 0 N–H and O–H groups in total. The minimum Gasteiger partial charge on any atom is 0 e. The van der Waals surface area contributed by atoms with Crippen molar-refractivity contribution >= 4 is 24.0 Å². The van der Waals surface area contributed by atoms with E-state index in [1.54, 1.807) is 0 Å². The van der Waals surface area contributed by atoms with Crippen molar-refractivity contribution in [2.75, 3.05) is 6.61 Å². The molecule has 1 aliphatic heterocycles. The SMILES string of the molecule is C1=Cc2ccccc2OC1.[AsH3].[Co].[Ni].[Zn]. The molecule has 2 rings (SSSR count). The minimum absolute atomic E-state index is 0. The van der Waals surface area contributed by atoms with Gasteiger partial charge >= 0.3 is 18.0 Å². The maximum absolute atomic E-state index is 5.34. The second-order valence-electron chi connectivity index (χ2n) is 2.25. The average molecular weight is 393 g/mol. The summed E-state index contributed by atoms with van der Waals surface area (Å²) in [5.74, 6) is 0.991. The molecule has 1 radical (unpaired) electrons. The Morgan fingerprint density at radius 1 is 1.14 bits per heavy atom. The van der Waals surface area contributed by atoms with E-state index in [9.17, 15) is 0 Å². The summed E-state index contributed by atoms with van der Waals surface area (Å²) in [6, 6.07) is 8.03. The van der Waals surface area contributed by atoms with Crippen molar-refractivity contribution in [3.63, 3.8) is 0 Å². The Balaban J connectivity index is -0.000000302. The van der Waals surface area contributed by atoms with Crippen LogP contribution in [0.3, 0.4) is 0 Å². The van der Waals surface area contributed by atoms with Crippen molar-refractivity contribution in [2.24, 2.45) is 0 Å². The summed E-state index contributed by atoms with van der Waals surface area (Å²) in [5, 5.41) is 0. The Bertz CT molecular complexity index is 283. The number of fused-ring (bicyclic) bond motifs is 1. The third-order valence-electron chi connectivity index (χ3n) is 1.55. The predicted octanol–water partition coefficient (Wildman–Crippen LogP) is 0.901. The molecule has 1 heterocycles. The molecular weight excluding hydrogens is 382 g/mol. The van der Waals surface area contributed by atoms with Gasteiger partial charge in [0.25, 0.3) is 0 Å². The normalized spacial score (nSPS) is 10.0. The van der Waals surface area contributed by atoms with Gasteiger partial charge in [0.15, 0.2) is 0 Å². The third-order valence-corrected chi connectivity index (χ3v) is 1.55. The van der Waals surface area contributed by atoms with Crippen molar-refractivity contribution in [3.05, 3.63) is 35.9 Å². The number of ether oxygens (including phenoxy) is 1. The van der Waals surface area contributed by atoms with E-state index < -0.39 is 0 Å². The van der Waals surface area contributed by atoms with E-state index in [1.807, 2.05) is 30.3 Å². The van der Waals surface area contributed by atoms with Gasteiger partial charge in [-0.1, -0.05) is 24.3 Å². The van der Waals surface area contributed by atoms with Crippen LogP contribution in [0.5, 0.6) is 5.75 Å². The van der Waals surface area contributed by atoms with Gasteiger partial charge in [0.05, 0.1) is 0 Å². The van der Waals surface area contributed by atoms with Crippen LogP contribution in [0.1, 0.15) is 5.56 Å². The molecule has 0 amide bonds. The summed E-state index contributed by atoms with van der Waals surface area (Å²) >= 11 is 0. The quantitative estimate of drug-likeness (QED) is 0.596. The zero-order valence-electron chi connectivity index (χ0n) is 7.64. The first-order chi connectivity index (χ1) is 4.97. The second-order valence-corrected chi connectivity index (χ2v) is 2.25. The molecule has 1 aliphatic rings. The molecular formula is C9H11AsCoNiOZn. The second kappa shape index (κ2) is 10.5. The summed E-state index contributed by atoms with van der Waals surface area (Å²) in [6.45, 7) is 0.705. The van der Waals surface area contributed by atoms with Crippen molar-refractivity contribution in [3.8, 4) is 5.75 Å². The summed E-state index contributed by atoms with van der Waals surface area (Å²) < 4.78 is 5.34. The fraction of sp³-hybridized carbons (Fsp3) is 0.111. The van der Waals surface area contributed by atoms with Gasteiger partial charge in [0, 0.05) is 58.3 Å². The van der Waals surface area contributed by atoms with E-state index in [0.29, 0.717) is 6.61 Å². The number of hydrogen-bond donors (Lipinski definition) is 0. The summed E-state index contributed by atoms with van der Waals surface area (Å²) in [7, 11) is 0. The fourth-order valence-corrected chi connectivity index (χ4v) is 1.06. The fourth-order valence-electron chi connectivity index (χ4n) is 1.06. The number of hydrogen-bond acceptors (Lipinski definition) is 1. The van der Waals surface area contributed by atoms with Crippen LogP contribution in [0.4, 0.5) is 0 Å². The van der Waals surface area contributed by atoms with Crippen molar-refractivity contribution in [1.82, 2.24) is 0 Å². The van der Waals surface area contributed by atoms with Gasteiger partial charge in [-0.05, 0) is 12.1 Å². The van der Waals surface area contributed by atoms with Crippen molar-refractivity contribution in [1.29, 1.82) is 0 Å². The Labute approximate surface area is 129 Å². The van der Waals surface area contributed by atoms with Gasteiger partial charge in [-0.15, -0.1) is 0 Å². The standard InChI is InChI=1S/C9H8O.AsH3.Co.Ni.Zn/c1-2-6-9-8(4-1)5-3-7-10-9;;;;/h1-6H,7H2;1H3;;;. The van der Waals surface area contributed by atoms with Crippen LogP contribution in [-0.2, 0) is 52.7 Å². The monoisotopic (exact) mass is 391 g/mol. The molecule has 0 bridgehead atoms. The van der Waals surface area contributed by atoms with Gasteiger partial charge in [-0.2, -0.15) is 0 Å². The van der Waals surface area contributed by atoms with Gasteiger partial charge in [0.2, 0.25) is 0 Å². The molecule has 1 atom stereocenters. The average Bonchev–Trinajstić information content (AvgIpc) is 2.05. The van der Waals surface area contributed by atoms with E-state index in [1.165, 1.54) is 5.56 Å². The van der Waals surface area contributed by atoms with E-state index in [-0.39, 0.29) is 70.7 Å². The smallest absolute Gasteiger partial charge is 0 e. The zero-order valence-corrected chi connectivity index (χ0v) is 15.6. The number of benzene rings is 1. The third kappa shape index (κ3) is 5.14. The molecule has 0 aromatic heterocycles. The van der Waals surface area contributed by atoms with E-state index >= 15 is 0 Å². The molecule has 14 heavy (non-hydrogen) atoms. The van der Waals surface area contributed by atoms with Gasteiger partial charge < -0.3 is 4.74 Å². The summed E-state index contributed by atoms with van der Waals surface area (Å²) in [4.78, 5) is 0. The predicted molar refractivity (Wildman–Crippen MR) is 50.9 cm³/mol. The largest absolute Gasteiger partial charge is 0 e. The topological polar surface area (TPSA) is 9.23 Å². The number of rotatable bonds is 0. The molecule has 0 spiro atoms. The maximum atomic E-state index is 5.34. The summed E-state index contributed by atoms with van der Waals surface area (Å²) in [6.07, 6.45) is 4.10. The number of para-hydroxylation sites is 1. The summed E-state index contributed by atoms with van der Waals surface area (Å²) in [5.41, 5.74) is 1.17. The van der Waals surface area contributed by atoms with Crippen LogP contribution >= 0.6 is 0 Å². The Morgan fingerprint density at radius 3 is 2.43 bits per heavy atom. The molecule has 79 valence electrons. The maximum Gasteiger partial charge on any atom is 0 e. The van der Waals surface area contributed by atoms with Crippen LogP contribution in [-0.4, -0.2) is 24.6 Å². The van der Waals surface area contributed by atoms with Gasteiger partial charge in [-0.25, -0.2) is 0 Å². The van der Waals surface area contributed by atoms with Crippen LogP contribution < -0.4 is 4.74 Å². The van der Waals surface area contributed by atoms with Gasteiger partial charge in [0.1, 0.15) is 12.4 Å². The van der Waals surface area contributed by atoms with Crippen molar-refractivity contribution in [2.45, 2.75) is 0 Å². The molecule has 1 nitrogen and oxygen atoms in total. The van der Waals surface area contributed by atoms with E-state index in [2.05, 4.69) is 6.08 Å². The molecule has 0 saturated heterocycles. The van der Waals surface area contributed by atoms with Crippen molar-refractivity contribution < 1.29 is 57.5 Å². The Hall–Kier alpha value is 0.942. The van der Waals surface area contributed by atoms with Crippen LogP contribution in [0.2, 0.25) is 0 Å². The van der Waals surface area contributed by atoms with Gasteiger partial charge in [-0.3, -0.25) is 0 Å². The molecule has 0 fully saturated rings.